The number of benzene rings is 2. The monoisotopic (exact) mass is 469 g/mol. The lowest BCUT2D eigenvalue weighted by Crippen LogP contribution is -3.15. The van der Waals surface area contributed by atoms with Crippen LogP contribution in [0.1, 0.15) is 16.7 Å². The van der Waals surface area contributed by atoms with Crippen LogP contribution in [0.3, 0.4) is 0 Å². The van der Waals surface area contributed by atoms with E-state index in [1.165, 1.54) is 22.7 Å². The highest BCUT2D eigenvalue weighted by Gasteiger charge is 2.31. The maximum Gasteiger partial charge on any atom is 0.416 e. The third kappa shape index (κ3) is 6.15. The van der Waals surface area contributed by atoms with Crippen LogP contribution in [0.25, 0.3) is 0 Å². The standard InChI is InChI=1S/C21H23F3N4O3S/c1-16-2-8-19(9-3-16)32(30,31)28-12-10-27(11-13-28)15-20(29)26-25-14-17-4-6-18(7-5-17)21(22,23)24/h2-9,14H,10-13,15H2,1H3,(H,26,29)/p+1/b25-14-. The number of carbonyl (C=O) groups excluding carboxylic acids is 1. The third-order valence-corrected chi connectivity index (χ3v) is 7.05. The van der Waals surface area contributed by atoms with Gasteiger partial charge >= 0.3 is 6.18 Å². The van der Waals surface area contributed by atoms with Crippen LogP contribution < -0.4 is 10.3 Å². The number of aryl methyl sites for hydroxylation is 1. The van der Waals surface area contributed by atoms with Gasteiger partial charge in [0.2, 0.25) is 10.0 Å². The number of piperazine rings is 1. The first-order valence-corrected chi connectivity index (χ1v) is 11.4. The van der Waals surface area contributed by atoms with E-state index in [1.807, 2.05) is 6.92 Å². The summed E-state index contributed by atoms with van der Waals surface area (Å²) in [6.07, 6.45) is -3.14. The zero-order valence-electron chi connectivity index (χ0n) is 17.4. The second kappa shape index (κ2) is 9.80. The van der Waals surface area contributed by atoms with Gasteiger partial charge in [-0.25, -0.2) is 13.8 Å². The number of halogens is 3. The van der Waals surface area contributed by atoms with E-state index in [1.54, 1.807) is 24.3 Å². The Labute approximate surface area is 184 Å². The van der Waals surface area contributed by atoms with Gasteiger partial charge in [-0.1, -0.05) is 29.8 Å². The number of nitrogens with one attached hydrogen (secondary N) is 2. The molecule has 1 amide bonds. The van der Waals surface area contributed by atoms with Crippen LogP contribution in [0.2, 0.25) is 0 Å². The minimum atomic E-state index is -4.41. The van der Waals surface area contributed by atoms with Crippen LogP contribution in [-0.2, 0) is 21.0 Å². The Hall–Kier alpha value is -2.76. The largest absolute Gasteiger partial charge is 0.416 e. The molecule has 2 aromatic carbocycles. The first-order chi connectivity index (χ1) is 15.1. The number of quaternary nitrogens is 1. The summed E-state index contributed by atoms with van der Waals surface area (Å²) in [5, 5.41) is 3.77. The molecule has 1 fully saturated rings. The second-order valence-electron chi connectivity index (χ2n) is 7.56. The Balaban J connectivity index is 1.46. The molecule has 0 aromatic heterocycles. The van der Waals surface area contributed by atoms with Crippen molar-refractivity contribution in [3.8, 4) is 0 Å². The van der Waals surface area contributed by atoms with Gasteiger partial charge in [0, 0.05) is 0 Å². The molecule has 7 nitrogen and oxygen atoms in total. The van der Waals surface area contributed by atoms with Crippen molar-refractivity contribution >= 4 is 22.1 Å². The lowest BCUT2D eigenvalue weighted by Gasteiger charge is -2.31. The number of hydrogen-bond donors (Lipinski definition) is 2. The molecular weight excluding hydrogens is 445 g/mol. The molecule has 172 valence electrons. The summed E-state index contributed by atoms with van der Waals surface area (Å²) < 4.78 is 64.6. The average Bonchev–Trinajstić information content (AvgIpc) is 2.74. The van der Waals surface area contributed by atoms with Crippen LogP contribution in [0, 0.1) is 6.92 Å². The van der Waals surface area contributed by atoms with Crippen LogP contribution >= 0.6 is 0 Å². The molecule has 11 heteroatoms. The number of nitrogens with zero attached hydrogens (tertiary/aromatic N) is 2. The van der Waals surface area contributed by atoms with Gasteiger partial charge in [-0.2, -0.15) is 22.6 Å². The molecule has 1 saturated heterocycles. The first-order valence-electron chi connectivity index (χ1n) is 9.95. The van der Waals surface area contributed by atoms with E-state index in [0.717, 1.165) is 22.6 Å². The van der Waals surface area contributed by atoms with Gasteiger partial charge in [0.1, 0.15) is 0 Å². The molecule has 0 saturated carbocycles. The van der Waals surface area contributed by atoms with Crippen molar-refractivity contribution in [3.05, 3.63) is 65.2 Å². The molecule has 0 radical (unpaired) electrons. The van der Waals surface area contributed by atoms with Gasteiger partial charge in [-0.05, 0) is 36.8 Å². The number of carbonyl (C=O) groups is 1. The van der Waals surface area contributed by atoms with Crippen LogP contribution in [-0.4, -0.2) is 57.6 Å². The molecule has 0 bridgehead atoms. The number of sulfonamides is 1. The highest BCUT2D eigenvalue weighted by molar-refractivity contribution is 7.89. The molecule has 1 aliphatic heterocycles. The van der Waals surface area contributed by atoms with Gasteiger partial charge in [-0.3, -0.25) is 4.79 Å². The number of alkyl halides is 3. The Morgan fingerprint density at radius 1 is 1.09 bits per heavy atom. The van der Waals surface area contributed by atoms with Gasteiger partial charge in [0.15, 0.2) is 6.54 Å². The maximum atomic E-state index is 12.7. The Morgan fingerprint density at radius 2 is 1.69 bits per heavy atom. The molecule has 32 heavy (non-hydrogen) atoms. The van der Waals surface area contributed by atoms with E-state index >= 15 is 0 Å². The maximum absolute atomic E-state index is 12.7. The lowest BCUT2D eigenvalue weighted by molar-refractivity contribution is -0.895. The van der Waals surface area contributed by atoms with Crippen molar-refractivity contribution in [1.29, 1.82) is 0 Å². The molecule has 1 heterocycles. The van der Waals surface area contributed by atoms with Gasteiger partial charge in [-0.15, -0.1) is 0 Å². The summed E-state index contributed by atoms with van der Waals surface area (Å²) in [5.41, 5.74) is 2.99. The van der Waals surface area contributed by atoms with E-state index < -0.39 is 21.8 Å². The molecule has 1 aliphatic rings. The average molecular weight is 470 g/mol. The van der Waals surface area contributed by atoms with Gasteiger partial charge in [0.25, 0.3) is 5.91 Å². The van der Waals surface area contributed by atoms with Crippen LogP contribution in [0.5, 0.6) is 0 Å². The summed E-state index contributed by atoms with van der Waals surface area (Å²) in [7, 11) is -3.56. The fourth-order valence-electron chi connectivity index (χ4n) is 3.28. The Bertz CT molecular complexity index is 1060. The molecule has 0 unspecified atom stereocenters. The number of amides is 1. The van der Waals surface area contributed by atoms with Crippen molar-refractivity contribution < 1.29 is 31.3 Å². The van der Waals surface area contributed by atoms with Crippen molar-refractivity contribution in [1.82, 2.24) is 9.73 Å². The fourth-order valence-corrected chi connectivity index (χ4v) is 4.72. The minimum absolute atomic E-state index is 0.114. The summed E-state index contributed by atoms with van der Waals surface area (Å²) in [6, 6.07) is 11.1. The number of hydrazone groups is 1. The summed E-state index contributed by atoms with van der Waals surface area (Å²) in [6.45, 7) is 3.55. The number of rotatable bonds is 6. The quantitative estimate of drug-likeness (QED) is 0.490. The van der Waals surface area contributed by atoms with Crippen LogP contribution in [0.4, 0.5) is 13.2 Å². The second-order valence-corrected chi connectivity index (χ2v) is 9.49. The molecule has 0 spiro atoms. The minimum Gasteiger partial charge on any atom is -0.325 e. The summed E-state index contributed by atoms with van der Waals surface area (Å²) in [4.78, 5) is 13.3. The van der Waals surface area contributed by atoms with Crippen molar-refractivity contribution in [2.45, 2.75) is 18.0 Å². The third-order valence-electron chi connectivity index (χ3n) is 5.14. The first kappa shape index (κ1) is 23.9. The molecule has 2 aromatic rings. The molecular formula is C21H24F3N4O3S+. The van der Waals surface area contributed by atoms with E-state index in [-0.39, 0.29) is 17.3 Å². The SMILES string of the molecule is Cc1ccc(S(=O)(=O)N2CC[NH+](CC(=O)N/N=C\c3ccc(C(F)(F)F)cc3)CC2)cc1. The highest BCUT2D eigenvalue weighted by Crippen LogP contribution is 2.28. The van der Waals surface area contributed by atoms with E-state index in [2.05, 4.69) is 10.5 Å². The van der Waals surface area contributed by atoms with Crippen molar-refractivity contribution in [2.75, 3.05) is 32.7 Å². The van der Waals surface area contributed by atoms with E-state index in [4.69, 9.17) is 0 Å². The lowest BCUT2D eigenvalue weighted by atomic mass is 10.1. The topological polar surface area (TPSA) is 83.3 Å². The zero-order chi connectivity index (χ0) is 23.4. The zero-order valence-corrected chi connectivity index (χ0v) is 18.2. The number of hydrogen-bond acceptors (Lipinski definition) is 4. The normalized spacial score (nSPS) is 16.4. The smallest absolute Gasteiger partial charge is 0.325 e. The van der Waals surface area contributed by atoms with Gasteiger partial charge in [0.05, 0.1) is 42.9 Å². The molecule has 3 rings (SSSR count). The fraction of sp³-hybridized carbons (Fsp3) is 0.333. The predicted molar refractivity (Wildman–Crippen MR) is 113 cm³/mol. The van der Waals surface area contributed by atoms with Crippen molar-refractivity contribution in [2.24, 2.45) is 5.10 Å². The summed E-state index contributed by atoms with van der Waals surface area (Å²) >= 11 is 0. The van der Waals surface area contributed by atoms with E-state index in [9.17, 15) is 26.4 Å². The molecule has 2 N–H and O–H groups in total. The Morgan fingerprint density at radius 3 is 2.25 bits per heavy atom. The molecule has 0 atom stereocenters. The Kier molecular flexibility index (Phi) is 7.32. The van der Waals surface area contributed by atoms with E-state index in [0.29, 0.717) is 31.7 Å². The van der Waals surface area contributed by atoms with Gasteiger partial charge < -0.3 is 4.90 Å². The van der Waals surface area contributed by atoms with Crippen molar-refractivity contribution in [3.63, 3.8) is 0 Å². The molecule has 0 aliphatic carbocycles. The highest BCUT2D eigenvalue weighted by atomic mass is 32.2. The predicted octanol–water partition coefficient (Wildman–Crippen LogP) is 1.05. The van der Waals surface area contributed by atoms with Crippen LogP contribution in [0.15, 0.2) is 58.5 Å². The summed E-state index contributed by atoms with van der Waals surface area (Å²) in [5.74, 6) is -0.363.